The van der Waals surface area contributed by atoms with Crippen LogP contribution < -0.4 is 10.5 Å². The Kier molecular flexibility index (Phi) is 3.49. The van der Waals surface area contributed by atoms with Gasteiger partial charge in [0, 0.05) is 10.7 Å². The number of aromatic nitrogens is 1. The molecule has 0 amide bonds. The predicted octanol–water partition coefficient (Wildman–Crippen LogP) is 3.40. The molecule has 2 N–H and O–H groups in total. The second-order valence-corrected chi connectivity index (χ2v) is 4.64. The normalized spacial score (nSPS) is 9.83. The van der Waals surface area contributed by atoms with E-state index in [1.54, 1.807) is 18.3 Å². The number of hydrogen-bond acceptors (Lipinski definition) is 4. The van der Waals surface area contributed by atoms with Gasteiger partial charge < -0.3 is 10.5 Å². The molecule has 0 aliphatic rings. The van der Waals surface area contributed by atoms with E-state index < -0.39 is 0 Å². The molecular formula is C13H10BrN3O. The van der Waals surface area contributed by atoms with E-state index in [0.29, 0.717) is 22.7 Å². The summed E-state index contributed by atoms with van der Waals surface area (Å²) in [5.74, 6) is 0.944. The first kappa shape index (κ1) is 12.4. The molecule has 0 radical (unpaired) electrons. The predicted molar refractivity (Wildman–Crippen MR) is 72.3 cm³/mol. The third-order valence-electron chi connectivity index (χ3n) is 2.39. The van der Waals surface area contributed by atoms with E-state index in [9.17, 15) is 0 Å². The van der Waals surface area contributed by atoms with Crippen LogP contribution in [0.1, 0.15) is 11.1 Å². The summed E-state index contributed by atoms with van der Waals surface area (Å²) < 4.78 is 6.57. The molecule has 1 heterocycles. The van der Waals surface area contributed by atoms with Crippen LogP contribution in [-0.4, -0.2) is 4.98 Å². The fourth-order valence-electron chi connectivity index (χ4n) is 1.56. The van der Waals surface area contributed by atoms with Gasteiger partial charge in [-0.1, -0.05) is 15.9 Å². The Morgan fingerprint density at radius 1 is 1.44 bits per heavy atom. The van der Waals surface area contributed by atoms with Crippen LogP contribution in [0.25, 0.3) is 0 Å². The SMILES string of the molecule is Cc1cc(Br)cc(N)c1Oc1cnccc1C#N. The van der Waals surface area contributed by atoms with E-state index in [0.717, 1.165) is 10.0 Å². The van der Waals surface area contributed by atoms with Crippen molar-refractivity contribution in [1.82, 2.24) is 4.98 Å². The van der Waals surface area contributed by atoms with Crippen molar-refractivity contribution in [1.29, 1.82) is 5.26 Å². The standard InChI is InChI=1S/C13H10BrN3O/c1-8-4-10(14)5-11(16)13(8)18-12-7-17-3-2-9(12)6-15/h2-5,7H,16H2,1H3. The van der Waals surface area contributed by atoms with E-state index in [4.69, 9.17) is 15.7 Å². The number of pyridine rings is 1. The van der Waals surface area contributed by atoms with E-state index >= 15 is 0 Å². The number of nitrogens with two attached hydrogens (primary N) is 1. The number of nitriles is 1. The minimum atomic E-state index is 0.400. The number of hydrogen-bond donors (Lipinski definition) is 1. The number of nitrogen functional groups attached to an aromatic ring is 1. The van der Waals surface area contributed by atoms with Crippen molar-refractivity contribution in [3.63, 3.8) is 0 Å². The molecule has 5 heteroatoms. The minimum Gasteiger partial charge on any atom is -0.452 e. The average Bonchev–Trinajstić information content (AvgIpc) is 2.34. The highest BCUT2D eigenvalue weighted by Gasteiger charge is 2.10. The number of rotatable bonds is 2. The highest BCUT2D eigenvalue weighted by molar-refractivity contribution is 9.10. The van der Waals surface area contributed by atoms with Crippen LogP contribution >= 0.6 is 15.9 Å². The first-order chi connectivity index (χ1) is 8.61. The van der Waals surface area contributed by atoms with E-state index in [1.165, 1.54) is 6.20 Å². The summed E-state index contributed by atoms with van der Waals surface area (Å²) in [6.45, 7) is 1.89. The summed E-state index contributed by atoms with van der Waals surface area (Å²) in [4.78, 5) is 3.94. The summed E-state index contributed by atoms with van der Waals surface area (Å²) in [5, 5.41) is 8.98. The Hall–Kier alpha value is -2.06. The maximum absolute atomic E-state index is 8.98. The average molecular weight is 304 g/mol. The Morgan fingerprint density at radius 3 is 2.89 bits per heavy atom. The molecule has 0 aliphatic heterocycles. The van der Waals surface area contributed by atoms with Crippen LogP contribution in [0, 0.1) is 18.3 Å². The van der Waals surface area contributed by atoms with Gasteiger partial charge in [-0.25, -0.2) is 0 Å². The third kappa shape index (κ3) is 2.44. The first-order valence-corrected chi connectivity index (χ1v) is 5.98. The topological polar surface area (TPSA) is 71.9 Å². The maximum Gasteiger partial charge on any atom is 0.163 e. The molecule has 0 saturated carbocycles. The molecule has 2 aromatic rings. The van der Waals surface area contributed by atoms with Gasteiger partial charge in [0.25, 0.3) is 0 Å². The number of ether oxygens (including phenoxy) is 1. The molecule has 4 nitrogen and oxygen atoms in total. The van der Waals surface area contributed by atoms with Gasteiger partial charge in [0.2, 0.25) is 0 Å². The van der Waals surface area contributed by atoms with Crippen molar-refractivity contribution < 1.29 is 4.74 Å². The lowest BCUT2D eigenvalue weighted by molar-refractivity contribution is 0.477. The van der Waals surface area contributed by atoms with Gasteiger partial charge in [0.05, 0.1) is 17.4 Å². The molecule has 0 atom stereocenters. The van der Waals surface area contributed by atoms with E-state index in [1.807, 2.05) is 13.0 Å². The zero-order chi connectivity index (χ0) is 13.1. The van der Waals surface area contributed by atoms with Gasteiger partial charge >= 0.3 is 0 Å². The quantitative estimate of drug-likeness (QED) is 0.863. The minimum absolute atomic E-state index is 0.400. The lowest BCUT2D eigenvalue weighted by Gasteiger charge is -2.12. The fraction of sp³-hybridized carbons (Fsp3) is 0.0769. The van der Waals surface area contributed by atoms with Crippen molar-refractivity contribution in [3.05, 3.63) is 46.2 Å². The van der Waals surface area contributed by atoms with Crippen LogP contribution in [0.3, 0.4) is 0 Å². The molecule has 0 fully saturated rings. The molecule has 0 unspecified atom stereocenters. The van der Waals surface area contributed by atoms with E-state index in [-0.39, 0.29) is 0 Å². The Morgan fingerprint density at radius 2 is 2.22 bits per heavy atom. The second-order valence-electron chi connectivity index (χ2n) is 3.73. The molecule has 1 aromatic heterocycles. The Bertz CT molecular complexity index is 611. The Balaban J connectivity index is 2.44. The molecule has 1 aromatic carbocycles. The number of aryl methyl sites for hydroxylation is 1. The van der Waals surface area contributed by atoms with Gasteiger partial charge in [-0.05, 0) is 30.7 Å². The van der Waals surface area contributed by atoms with Gasteiger partial charge in [-0.3, -0.25) is 4.98 Å². The molecule has 18 heavy (non-hydrogen) atoms. The third-order valence-corrected chi connectivity index (χ3v) is 2.84. The van der Waals surface area contributed by atoms with Crippen molar-refractivity contribution in [2.45, 2.75) is 6.92 Å². The molecule has 0 saturated heterocycles. The highest BCUT2D eigenvalue weighted by atomic mass is 79.9. The maximum atomic E-state index is 8.98. The van der Waals surface area contributed by atoms with Crippen molar-refractivity contribution in [3.8, 4) is 17.6 Å². The van der Waals surface area contributed by atoms with Crippen molar-refractivity contribution in [2.75, 3.05) is 5.73 Å². The fourth-order valence-corrected chi connectivity index (χ4v) is 2.15. The number of anilines is 1. The zero-order valence-corrected chi connectivity index (χ0v) is 11.2. The smallest absolute Gasteiger partial charge is 0.163 e. The zero-order valence-electron chi connectivity index (χ0n) is 9.64. The lowest BCUT2D eigenvalue weighted by atomic mass is 10.2. The van der Waals surface area contributed by atoms with Crippen LogP contribution in [0.5, 0.6) is 11.5 Å². The Labute approximate surface area is 113 Å². The molecule has 90 valence electrons. The largest absolute Gasteiger partial charge is 0.452 e. The van der Waals surface area contributed by atoms with Crippen LogP contribution in [0.4, 0.5) is 5.69 Å². The van der Waals surface area contributed by atoms with Crippen LogP contribution in [-0.2, 0) is 0 Å². The number of nitrogens with zero attached hydrogens (tertiary/aromatic N) is 2. The van der Waals surface area contributed by atoms with Gasteiger partial charge in [0.1, 0.15) is 6.07 Å². The molecule has 0 aliphatic carbocycles. The summed E-state index contributed by atoms with van der Waals surface area (Å²) in [7, 11) is 0. The van der Waals surface area contributed by atoms with Crippen molar-refractivity contribution >= 4 is 21.6 Å². The summed E-state index contributed by atoms with van der Waals surface area (Å²) in [5.41, 5.74) is 7.72. The summed E-state index contributed by atoms with van der Waals surface area (Å²) >= 11 is 3.36. The molecule has 0 spiro atoms. The van der Waals surface area contributed by atoms with E-state index in [2.05, 4.69) is 27.0 Å². The molecule has 2 rings (SSSR count). The van der Waals surface area contributed by atoms with Gasteiger partial charge in [-0.2, -0.15) is 5.26 Å². The number of benzene rings is 1. The summed E-state index contributed by atoms with van der Waals surface area (Å²) in [6, 6.07) is 7.30. The van der Waals surface area contributed by atoms with Crippen LogP contribution in [0.15, 0.2) is 35.1 Å². The first-order valence-electron chi connectivity index (χ1n) is 5.19. The lowest BCUT2D eigenvalue weighted by Crippen LogP contribution is -1.96. The molecule has 0 bridgehead atoms. The highest BCUT2D eigenvalue weighted by Crippen LogP contribution is 2.34. The molecular weight excluding hydrogens is 294 g/mol. The second kappa shape index (κ2) is 5.07. The van der Waals surface area contributed by atoms with Crippen LogP contribution in [0.2, 0.25) is 0 Å². The van der Waals surface area contributed by atoms with Gasteiger partial charge in [0.15, 0.2) is 11.5 Å². The van der Waals surface area contributed by atoms with Crippen molar-refractivity contribution in [2.24, 2.45) is 0 Å². The van der Waals surface area contributed by atoms with Gasteiger partial charge in [-0.15, -0.1) is 0 Å². The monoisotopic (exact) mass is 303 g/mol. The number of halogens is 1. The summed E-state index contributed by atoms with van der Waals surface area (Å²) in [6.07, 6.45) is 3.04.